The van der Waals surface area contributed by atoms with Crippen molar-refractivity contribution in [2.24, 2.45) is 0 Å². The molecule has 0 bridgehead atoms. The highest BCUT2D eigenvalue weighted by Gasteiger charge is 2.04. The summed E-state index contributed by atoms with van der Waals surface area (Å²) in [5.74, 6) is 0.916. The van der Waals surface area contributed by atoms with Crippen LogP contribution in [0.5, 0.6) is 5.75 Å². The number of benzene rings is 1. The van der Waals surface area contributed by atoms with Gasteiger partial charge in [0.05, 0.1) is 0 Å². The van der Waals surface area contributed by atoms with E-state index in [-0.39, 0.29) is 0 Å². The second-order valence-electron chi connectivity index (χ2n) is 5.37. The van der Waals surface area contributed by atoms with Gasteiger partial charge in [0, 0.05) is 23.7 Å². The molecule has 1 heterocycles. The number of hydrogen-bond acceptors (Lipinski definition) is 4. The fourth-order valence-corrected chi connectivity index (χ4v) is 2.75. The zero-order valence-corrected chi connectivity index (χ0v) is 13.4. The zero-order chi connectivity index (χ0) is 14.5. The fraction of sp³-hybridized carbons (Fsp3) is 0.438. The van der Waals surface area contributed by atoms with Crippen LogP contribution in [0, 0.1) is 13.8 Å². The highest BCUT2D eigenvalue weighted by Crippen LogP contribution is 2.19. The summed E-state index contributed by atoms with van der Waals surface area (Å²) in [6.45, 7) is 9.86. The van der Waals surface area contributed by atoms with Gasteiger partial charge in [-0.3, -0.25) is 0 Å². The van der Waals surface area contributed by atoms with Crippen LogP contribution < -0.4 is 10.1 Å². The average molecular weight is 290 g/mol. The van der Waals surface area contributed by atoms with Crippen LogP contribution in [0.25, 0.3) is 0 Å². The number of nitrogens with one attached hydrogen (secondary N) is 1. The molecule has 0 atom stereocenters. The van der Waals surface area contributed by atoms with E-state index in [1.807, 2.05) is 6.20 Å². The number of thiazole rings is 1. The molecule has 0 saturated carbocycles. The lowest BCUT2D eigenvalue weighted by atomic mass is 10.1. The lowest BCUT2D eigenvalue weighted by Gasteiger charge is -2.06. The zero-order valence-electron chi connectivity index (χ0n) is 12.6. The minimum Gasteiger partial charge on any atom is -0.486 e. The third-order valence-electron chi connectivity index (χ3n) is 2.84. The predicted octanol–water partition coefficient (Wildman–Crippen LogP) is 3.84. The third kappa shape index (κ3) is 4.62. The smallest absolute Gasteiger partial charge is 0.140 e. The monoisotopic (exact) mass is 290 g/mol. The summed E-state index contributed by atoms with van der Waals surface area (Å²) in [6, 6.07) is 6.75. The van der Waals surface area contributed by atoms with E-state index in [2.05, 4.69) is 56.2 Å². The first-order valence-corrected chi connectivity index (χ1v) is 7.72. The lowest BCUT2D eigenvalue weighted by molar-refractivity contribution is 0.305. The quantitative estimate of drug-likeness (QED) is 0.877. The molecular weight excluding hydrogens is 268 g/mol. The summed E-state index contributed by atoms with van der Waals surface area (Å²) < 4.78 is 5.82. The number of aryl methyl sites for hydroxylation is 2. The van der Waals surface area contributed by atoms with Crippen molar-refractivity contribution in [3.8, 4) is 5.75 Å². The Morgan fingerprint density at radius 2 is 1.90 bits per heavy atom. The van der Waals surface area contributed by atoms with Gasteiger partial charge in [-0.05, 0) is 37.1 Å². The number of nitrogens with zero attached hydrogens (tertiary/aromatic N) is 1. The van der Waals surface area contributed by atoms with Crippen molar-refractivity contribution < 1.29 is 4.74 Å². The normalized spacial score (nSPS) is 11.1. The molecule has 1 aromatic heterocycles. The van der Waals surface area contributed by atoms with Gasteiger partial charge in [0.2, 0.25) is 0 Å². The van der Waals surface area contributed by atoms with Gasteiger partial charge in [0.1, 0.15) is 17.4 Å². The number of aromatic nitrogens is 1. The minimum absolute atomic E-state index is 0.493. The maximum absolute atomic E-state index is 5.82. The van der Waals surface area contributed by atoms with Gasteiger partial charge in [0.15, 0.2) is 0 Å². The Bertz CT molecular complexity index is 543. The Labute approximate surface area is 125 Å². The summed E-state index contributed by atoms with van der Waals surface area (Å²) in [4.78, 5) is 5.66. The largest absolute Gasteiger partial charge is 0.486 e. The Balaban J connectivity index is 1.90. The van der Waals surface area contributed by atoms with Gasteiger partial charge in [-0.1, -0.05) is 19.9 Å². The highest BCUT2D eigenvalue weighted by molar-refractivity contribution is 7.11. The fourth-order valence-electron chi connectivity index (χ4n) is 1.96. The predicted molar refractivity (Wildman–Crippen MR) is 84.3 cm³/mol. The SMILES string of the molecule is Cc1cc(C)cc(OCc2ncc(CNC(C)C)s2)c1. The molecule has 0 unspecified atom stereocenters. The summed E-state index contributed by atoms with van der Waals surface area (Å²) >= 11 is 1.70. The van der Waals surface area contributed by atoms with Crippen LogP contribution in [0.3, 0.4) is 0 Å². The van der Waals surface area contributed by atoms with E-state index in [1.165, 1.54) is 16.0 Å². The Morgan fingerprint density at radius 1 is 1.20 bits per heavy atom. The van der Waals surface area contributed by atoms with E-state index >= 15 is 0 Å². The second kappa shape index (κ2) is 6.86. The van der Waals surface area contributed by atoms with E-state index in [1.54, 1.807) is 11.3 Å². The number of rotatable bonds is 6. The first-order chi connectivity index (χ1) is 9.52. The Hall–Kier alpha value is -1.39. The third-order valence-corrected chi connectivity index (χ3v) is 3.81. The van der Waals surface area contributed by atoms with Crippen molar-refractivity contribution in [1.29, 1.82) is 0 Å². The molecule has 0 fully saturated rings. The number of hydrogen-bond donors (Lipinski definition) is 1. The lowest BCUT2D eigenvalue weighted by Crippen LogP contribution is -2.21. The molecule has 1 N–H and O–H groups in total. The first kappa shape index (κ1) is 15.0. The molecule has 108 valence electrons. The van der Waals surface area contributed by atoms with E-state index in [0.29, 0.717) is 12.6 Å². The van der Waals surface area contributed by atoms with E-state index in [0.717, 1.165) is 17.3 Å². The Kier molecular flexibility index (Phi) is 5.15. The molecule has 0 radical (unpaired) electrons. The van der Waals surface area contributed by atoms with Crippen molar-refractivity contribution in [2.75, 3.05) is 0 Å². The van der Waals surface area contributed by atoms with Gasteiger partial charge in [-0.2, -0.15) is 0 Å². The van der Waals surface area contributed by atoms with E-state index < -0.39 is 0 Å². The summed E-state index contributed by atoms with van der Waals surface area (Å²) in [6.07, 6.45) is 1.93. The standard InChI is InChI=1S/C16H22N2OS/c1-11(2)17-8-15-9-18-16(20-15)10-19-14-6-12(3)5-13(4)7-14/h5-7,9,11,17H,8,10H2,1-4H3. The van der Waals surface area contributed by atoms with Crippen LogP contribution in [0.1, 0.15) is 34.9 Å². The van der Waals surface area contributed by atoms with Crippen LogP contribution in [0.4, 0.5) is 0 Å². The molecule has 0 spiro atoms. The maximum Gasteiger partial charge on any atom is 0.140 e. The summed E-state index contributed by atoms with van der Waals surface area (Å²) in [7, 11) is 0. The maximum atomic E-state index is 5.82. The van der Waals surface area contributed by atoms with Crippen LogP contribution in [0.15, 0.2) is 24.4 Å². The van der Waals surface area contributed by atoms with Gasteiger partial charge in [-0.25, -0.2) is 4.98 Å². The van der Waals surface area contributed by atoms with E-state index in [4.69, 9.17) is 4.74 Å². The minimum atomic E-state index is 0.493. The molecule has 0 amide bonds. The number of ether oxygens (including phenoxy) is 1. The van der Waals surface area contributed by atoms with Crippen molar-refractivity contribution in [2.45, 2.75) is 46.9 Å². The second-order valence-corrected chi connectivity index (χ2v) is 6.57. The molecule has 3 nitrogen and oxygen atoms in total. The molecule has 4 heteroatoms. The van der Waals surface area contributed by atoms with Crippen molar-refractivity contribution in [3.63, 3.8) is 0 Å². The van der Waals surface area contributed by atoms with Gasteiger partial charge < -0.3 is 10.1 Å². The first-order valence-electron chi connectivity index (χ1n) is 6.91. The molecule has 20 heavy (non-hydrogen) atoms. The molecule has 0 saturated heterocycles. The van der Waals surface area contributed by atoms with Crippen LogP contribution in [0.2, 0.25) is 0 Å². The van der Waals surface area contributed by atoms with Gasteiger partial charge >= 0.3 is 0 Å². The Morgan fingerprint density at radius 3 is 2.55 bits per heavy atom. The molecular formula is C16H22N2OS. The molecule has 2 aromatic rings. The van der Waals surface area contributed by atoms with Gasteiger partial charge in [-0.15, -0.1) is 11.3 Å². The molecule has 0 aliphatic heterocycles. The van der Waals surface area contributed by atoms with Crippen LogP contribution >= 0.6 is 11.3 Å². The summed E-state index contributed by atoms with van der Waals surface area (Å²) in [5.41, 5.74) is 2.45. The highest BCUT2D eigenvalue weighted by atomic mass is 32.1. The molecule has 0 aliphatic rings. The van der Waals surface area contributed by atoms with Crippen molar-refractivity contribution in [1.82, 2.24) is 10.3 Å². The van der Waals surface area contributed by atoms with Crippen molar-refractivity contribution >= 4 is 11.3 Å². The topological polar surface area (TPSA) is 34.1 Å². The van der Waals surface area contributed by atoms with Crippen LogP contribution in [-0.4, -0.2) is 11.0 Å². The molecule has 1 aromatic carbocycles. The van der Waals surface area contributed by atoms with E-state index in [9.17, 15) is 0 Å². The molecule has 0 aliphatic carbocycles. The van der Waals surface area contributed by atoms with Crippen molar-refractivity contribution in [3.05, 3.63) is 45.4 Å². The molecule has 2 rings (SSSR count). The average Bonchev–Trinajstić information content (AvgIpc) is 2.81. The van der Waals surface area contributed by atoms with Crippen LogP contribution in [-0.2, 0) is 13.2 Å². The van der Waals surface area contributed by atoms with Gasteiger partial charge in [0.25, 0.3) is 0 Å². The summed E-state index contributed by atoms with van der Waals surface area (Å²) in [5, 5.41) is 4.41.